The minimum Gasteiger partial charge on any atom is -0.481 e. The lowest BCUT2D eigenvalue weighted by molar-refractivity contribution is -0.274. The minimum atomic E-state index is -4.73. The summed E-state index contributed by atoms with van der Waals surface area (Å²) in [5, 5.41) is 8.95. The van der Waals surface area contributed by atoms with E-state index in [0.29, 0.717) is 24.8 Å². The Labute approximate surface area is 127 Å². The van der Waals surface area contributed by atoms with Gasteiger partial charge in [-0.25, -0.2) is 0 Å². The minimum absolute atomic E-state index is 0.0311. The number of hydrogen-bond donors (Lipinski definition) is 2. The molecule has 2 unspecified atom stereocenters. The fraction of sp³-hybridized carbons (Fsp3) is 0.533. The van der Waals surface area contributed by atoms with Crippen molar-refractivity contribution in [1.29, 1.82) is 0 Å². The van der Waals surface area contributed by atoms with Crippen LogP contribution < -0.4 is 10.5 Å². The number of hydrogen-bond acceptors (Lipinski definition) is 3. The molecule has 0 fully saturated rings. The van der Waals surface area contributed by atoms with Crippen molar-refractivity contribution in [2.45, 2.75) is 32.5 Å². The number of aliphatic carboxylic acids is 1. The predicted molar refractivity (Wildman–Crippen MR) is 75.4 cm³/mol. The first-order valence-corrected chi connectivity index (χ1v) is 6.99. The molecule has 0 aromatic heterocycles. The zero-order chi connectivity index (χ0) is 16.8. The molecule has 0 heterocycles. The van der Waals surface area contributed by atoms with Crippen LogP contribution in [0.25, 0.3) is 0 Å². The molecular formula is C15H20F3NO3. The average molecular weight is 319 g/mol. The number of carbonyl (C=O) groups is 1. The van der Waals surface area contributed by atoms with Crippen LogP contribution in [0.15, 0.2) is 24.3 Å². The molecule has 0 spiro atoms. The summed E-state index contributed by atoms with van der Waals surface area (Å²) in [5.74, 6) is -1.76. The molecule has 3 N–H and O–H groups in total. The summed E-state index contributed by atoms with van der Waals surface area (Å²) < 4.78 is 41.0. The van der Waals surface area contributed by atoms with Crippen LogP contribution in [-0.4, -0.2) is 24.0 Å². The molecule has 1 aromatic rings. The highest BCUT2D eigenvalue weighted by molar-refractivity contribution is 5.70. The molecule has 0 saturated carbocycles. The van der Waals surface area contributed by atoms with E-state index in [9.17, 15) is 18.0 Å². The molecule has 2 atom stereocenters. The van der Waals surface area contributed by atoms with E-state index in [1.54, 1.807) is 12.1 Å². The summed E-state index contributed by atoms with van der Waals surface area (Å²) >= 11 is 0. The van der Waals surface area contributed by atoms with Gasteiger partial charge in [0.2, 0.25) is 0 Å². The SMILES string of the molecule is CC(CCc1ccccc1OC(F)(F)F)CC(CN)C(=O)O. The van der Waals surface area contributed by atoms with Crippen molar-refractivity contribution in [3.63, 3.8) is 0 Å². The Bertz CT molecular complexity index is 491. The third-order valence-electron chi connectivity index (χ3n) is 3.43. The van der Waals surface area contributed by atoms with Gasteiger partial charge in [-0.3, -0.25) is 4.79 Å². The van der Waals surface area contributed by atoms with Gasteiger partial charge in [0, 0.05) is 6.54 Å². The first-order valence-electron chi connectivity index (χ1n) is 6.99. The number of aryl methyl sites for hydroxylation is 1. The summed E-state index contributed by atoms with van der Waals surface area (Å²) in [6.45, 7) is 1.91. The molecule has 1 aromatic carbocycles. The summed E-state index contributed by atoms with van der Waals surface area (Å²) in [6.07, 6.45) is -3.39. The van der Waals surface area contributed by atoms with Gasteiger partial charge in [0.1, 0.15) is 5.75 Å². The first kappa shape index (κ1) is 18.3. The molecule has 0 radical (unpaired) electrons. The van der Waals surface area contributed by atoms with E-state index in [2.05, 4.69) is 4.74 Å². The number of alkyl halides is 3. The molecule has 4 nitrogen and oxygen atoms in total. The van der Waals surface area contributed by atoms with E-state index >= 15 is 0 Å². The molecule has 0 saturated heterocycles. The van der Waals surface area contributed by atoms with Crippen molar-refractivity contribution < 1.29 is 27.8 Å². The van der Waals surface area contributed by atoms with Gasteiger partial charge in [-0.1, -0.05) is 25.1 Å². The van der Waals surface area contributed by atoms with Crippen molar-refractivity contribution in [1.82, 2.24) is 0 Å². The van der Waals surface area contributed by atoms with Gasteiger partial charge in [0.25, 0.3) is 0 Å². The number of rotatable bonds is 8. The van der Waals surface area contributed by atoms with Gasteiger partial charge in [-0.05, 0) is 36.8 Å². The second-order valence-electron chi connectivity index (χ2n) is 5.31. The highest BCUT2D eigenvalue weighted by Crippen LogP contribution is 2.28. The highest BCUT2D eigenvalue weighted by atomic mass is 19.4. The topological polar surface area (TPSA) is 72.5 Å². The first-order chi connectivity index (χ1) is 10.2. The second kappa shape index (κ2) is 8.03. The Hall–Kier alpha value is -1.76. The van der Waals surface area contributed by atoms with Crippen LogP contribution in [0.3, 0.4) is 0 Å². The molecular weight excluding hydrogens is 299 g/mol. The fourth-order valence-corrected chi connectivity index (χ4v) is 2.24. The third kappa shape index (κ3) is 6.34. The van der Waals surface area contributed by atoms with Crippen molar-refractivity contribution in [2.24, 2.45) is 17.6 Å². The summed E-state index contributed by atoms with van der Waals surface area (Å²) in [5.41, 5.74) is 5.85. The number of nitrogens with two attached hydrogens (primary N) is 1. The number of halogens is 3. The maximum absolute atomic E-state index is 12.3. The predicted octanol–water partition coefficient (Wildman–Crippen LogP) is 3.20. The molecule has 0 aliphatic heterocycles. The molecule has 1 rings (SSSR count). The van der Waals surface area contributed by atoms with E-state index in [0.717, 1.165) is 0 Å². The summed E-state index contributed by atoms with van der Waals surface area (Å²) in [4.78, 5) is 10.9. The Kier molecular flexibility index (Phi) is 6.67. The van der Waals surface area contributed by atoms with Crippen molar-refractivity contribution in [3.05, 3.63) is 29.8 Å². The molecule has 0 aliphatic rings. The standard InChI is InChI=1S/C15H20F3NO3/c1-10(8-12(9-19)14(20)21)6-7-11-4-2-3-5-13(11)22-15(16,17)18/h2-5,10,12H,6-9,19H2,1H3,(H,20,21). The van der Waals surface area contributed by atoms with Crippen LogP contribution in [-0.2, 0) is 11.2 Å². The summed E-state index contributed by atoms with van der Waals surface area (Å²) in [6, 6.07) is 5.96. The van der Waals surface area contributed by atoms with Crippen LogP contribution in [0.4, 0.5) is 13.2 Å². The van der Waals surface area contributed by atoms with Crippen LogP contribution in [0.1, 0.15) is 25.3 Å². The number of para-hydroxylation sites is 1. The van der Waals surface area contributed by atoms with Crippen molar-refractivity contribution in [3.8, 4) is 5.75 Å². The van der Waals surface area contributed by atoms with Crippen LogP contribution in [0.2, 0.25) is 0 Å². The number of benzene rings is 1. The average Bonchev–Trinajstić information content (AvgIpc) is 2.41. The van der Waals surface area contributed by atoms with E-state index in [4.69, 9.17) is 10.8 Å². The van der Waals surface area contributed by atoms with Gasteiger partial charge in [-0.15, -0.1) is 13.2 Å². The van der Waals surface area contributed by atoms with Crippen LogP contribution in [0, 0.1) is 11.8 Å². The van der Waals surface area contributed by atoms with Crippen LogP contribution >= 0.6 is 0 Å². The molecule has 22 heavy (non-hydrogen) atoms. The van der Waals surface area contributed by atoms with E-state index in [1.165, 1.54) is 12.1 Å². The van der Waals surface area contributed by atoms with Gasteiger partial charge in [0.15, 0.2) is 0 Å². The maximum atomic E-state index is 12.3. The zero-order valence-electron chi connectivity index (χ0n) is 12.3. The molecule has 124 valence electrons. The number of carboxylic acids is 1. The number of ether oxygens (including phenoxy) is 1. The lowest BCUT2D eigenvalue weighted by Crippen LogP contribution is -2.25. The van der Waals surface area contributed by atoms with E-state index < -0.39 is 18.2 Å². The normalized spacial score (nSPS) is 14.4. The molecule has 0 amide bonds. The largest absolute Gasteiger partial charge is 0.573 e. The molecule has 0 aliphatic carbocycles. The van der Waals surface area contributed by atoms with E-state index in [1.807, 2.05) is 6.92 Å². The molecule has 7 heteroatoms. The fourth-order valence-electron chi connectivity index (χ4n) is 2.24. The van der Waals surface area contributed by atoms with Crippen molar-refractivity contribution in [2.75, 3.05) is 6.54 Å². The second-order valence-corrected chi connectivity index (χ2v) is 5.31. The monoisotopic (exact) mass is 319 g/mol. The smallest absolute Gasteiger partial charge is 0.481 e. The van der Waals surface area contributed by atoms with E-state index in [-0.39, 0.29) is 18.2 Å². The van der Waals surface area contributed by atoms with Gasteiger partial charge < -0.3 is 15.6 Å². The lowest BCUT2D eigenvalue weighted by Gasteiger charge is -2.17. The van der Waals surface area contributed by atoms with Crippen molar-refractivity contribution >= 4 is 5.97 Å². The van der Waals surface area contributed by atoms with Gasteiger partial charge in [0.05, 0.1) is 5.92 Å². The zero-order valence-corrected chi connectivity index (χ0v) is 12.3. The Balaban J connectivity index is 2.62. The Morgan fingerprint density at radius 3 is 2.55 bits per heavy atom. The highest BCUT2D eigenvalue weighted by Gasteiger charge is 2.32. The quantitative estimate of drug-likeness (QED) is 0.772. The number of carboxylic acid groups (broad SMARTS) is 1. The Morgan fingerprint density at radius 2 is 2.00 bits per heavy atom. The third-order valence-corrected chi connectivity index (χ3v) is 3.43. The van der Waals surface area contributed by atoms with Gasteiger partial charge >= 0.3 is 12.3 Å². The van der Waals surface area contributed by atoms with Gasteiger partial charge in [-0.2, -0.15) is 0 Å². The maximum Gasteiger partial charge on any atom is 0.573 e. The Morgan fingerprint density at radius 1 is 1.36 bits per heavy atom. The summed E-state index contributed by atoms with van der Waals surface area (Å²) in [7, 11) is 0. The molecule has 0 bridgehead atoms. The lowest BCUT2D eigenvalue weighted by atomic mass is 9.91. The van der Waals surface area contributed by atoms with Crippen LogP contribution in [0.5, 0.6) is 5.75 Å².